The lowest BCUT2D eigenvalue weighted by Crippen LogP contribution is -2.08. The van der Waals surface area contributed by atoms with E-state index in [4.69, 9.17) is 0 Å². The molecule has 1 nitrogen and oxygen atoms in total. The Morgan fingerprint density at radius 2 is 2.31 bits per heavy atom. The summed E-state index contributed by atoms with van der Waals surface area (Å²) >= 11 is 3.49. The molecule has 70 valence electrons. The Kier molecular flexibility index (Phi) is 2.70. The third-order valence-corrected chi connectivity index (χ3v) is 3.23. The van der Waals surface area contributed by atoms with Gasteiger partial charge in [-0.2, -0.15) is 0 Å². The van der Waals surface area contributed by atoms with Crippen molar-refractivity contribution >= 4 is 15.9 Å². The van der Waals surface area contributed by atoms with Crippen molar-refractivity contribution < 1.29 is 0 Å². The summed E-state index contributed by atoms with van der Waals surface area (Å²) in [5, 5.41) is 3.40. The highest BCUT2D eigenvalue weighted by atomic mass is 79.9. The van der Waals surface area contributed by atoms with Crippen LogP contribution in [0.25, 0.3) is 0 Å². The van der Waals surface area contributed by atoms with E-state index in [2.05, 4.69) is 46.4 Å². The maximum atomic E-state index is 3.49. The Labute approximate surface area is 87.7 Å². The van der Waals surface area contributed by atoms with E-state index < -0.39 is 0 Å². The third kappa shape index (κ3) is 1.94. The van der Waals surface area contributed by atoms with Gasteiger partial charge >= 0.3 is 0 Å². The first-order valence-electron chi connectivity index (χ1n) is 4.74. The second-order valence-corrected chi connectivity index (χ2v) is 4.61. The first-order chi connectivity index (χ1) is 6.27. The highest BCUT2D eigenvalue weighted by Crippen LogP contribution is 2.27. The first kappa shape index (κ1) is 9.22. The minimum absolute atomic E-state index is 0.730. The van der Waals surface area contributed by atoms with Crippen molar-refractivity contribution in [3.05, 3.63) is 33.8 Å². The van der Waals surface area contributed by atoms with Crippen molar-refractivity contribution in [3.8, 4) is 0 Å². The number of halogens is 1. The molecule has 1 aromatic rings. The molecular formula is C11H14BrN. The van der Waals surface area contributed by atoms with Crippen LogP contribution in [0, 0.1) is 6.92 Å². The van der Waals surface area contributed by atoms with E-state index >= 15 is 0 Å². The number of aryl methyl sites for hydroxylation is 1. The standard InChI is InChI=1S/C11H14BrN/c1-8-6-10(12)2-3-11(8)9-4-5-13-7-9/h2-3,6,9,13H,4-5,7H2,1H3. The van der Waals surface area contributed by atoms with Gasteiger partial charge in [0.1, 0.15) is 0 Å². The van der Waals surface area contributed by atoms with Crippen LogP contribution in [0.4, 0.5) is 0 Å². The summed E-state index contributed by atoms with van der Waals surface area (Å²) in [7, 11) is 0. The van der Waals surface area contributed by atoms with Gasteiger partial charge in [0, 0.05) is 11.0 Å². The van der Waals surface area contributed by atoms with Gasteiger partial charge in [-0.15, -0.1) is 0 Å². The molecule has 1 aliphatic rings. The van der Waals surface area contributed by atoms with Crippen LogP contribution in [0.3, 0.4) is 0 Å². The molecule has 1 heterocycles. The van der Waals surface area contributed by atoms with Gasteiger partial charge in [0.2, 0.25) is 0 Å². The minimum Gasteiger partial charge on any atom is -0.316 e. The molecule has 1 aromatic carbocycles. The van der Waals surface area contributed by atoms with Crippen molar-refractivity contribution in [1.29, 1.82) is 0 Å². The fourth-order valence-corrected chi connectivity index (χ4v) is 2.49. The Balaban J connectivity index is 2.29. The predicted molar refractivity (Wildman–Crippen MR) is 59.1 cm³/mol. The zero-order chi connectivity index (χ0) is 9.26. The van der Waals surface area contributed by atoms with E-state index in [9.17, 15) is 0 Å². The lowest BCUT2D eigenvalue weighted by atomic mass is 9.94. The third-order valence-electron chi connectivity index (χ3n) is 2.73. The number of benzene rings is 1. The molecule has 1 atom stereocenters. The molecule has 1 N–H and O–H groups in total. The second-order valence-electron chi connectivity index (χ2n) is 3.69. The minimum atomic E-state index is 0.730. The van der Waals surface area contributed by atoms with Crippen LogP contribution >= 0.6 is 15.9 Å². The van der Waals surface area contributed by atoms with E-state index in [1.54, 1.807) is 0 Å². The number of nitrogens with one attached hydrogen (secondary N) is 1. The Hall–Kier alpha value is -0.340. The van der Waals surface area contributed by atoms with Gasteiger partial charge in [0.15, 0.2) is 0 Å². The average Bonchev–Trinajstić information content (AvgIpc) is 2.56. The van der Waals surface area contributed by atoms with Crippen LogP contribution < -0.4 is 5.32 Å². The monoisotopic (exact) mass is 239 g/mol. The zero-order valence-electron chi connectivity index (χ0n) is 7.81. The number of rotatable bonds is 1. The highest BCUT2D eigenvalue weighted by Gasteiger charge is 2.17. The Morgan fingerprint density at radius 3 is 2.92 bits per heavy atom. The van der Waals surface area contributed by atoms with Gasteiger partial charge in [-0.05, 0) is 49.1 Å². The molecule has 0 saturated carbocycles. The zero-order valence-corrected chi connectivity index (χ0v) is 9.39. The smallest absolute Gasteiger partial charge is 0.0178 e. The van der Waals surface area contributed by atoms with E-state index in [0.717, 1.165) is 12.5 Å². The van der Waals surface area contributed by atoms with Gasteiger partial charge in [0.05, 0.1) is 0 Å². The van der Waals surface area contributed by atoms with E-state index in [-0.39, 0.29) is 0 Å². The molecule has 0 spiro atoms. The molecular weight excluding hydrogens is 226 g/mol. The highest BCUT2D eigenvalue weighted by molar-refractivity contribution is 9.10. The molecule has 1 saturated heterocycles. The molecule has 1 aliphatic heterocycles. The van der Waals surface area contributed by atoms with Crippen LogP contribution in [0.1, 0.15) is 23.5 Å². The molecule has 0 bridgehead atoms. The summed E-state index contributed by atoms with van der Waals surface area (Å²) in [4.78, 5) is 0. The fraction of sp³-hybridized carbons (Fsp3) is 0.455. The topological polar surface area (TPSA) is 12.0 Å². The summed E-state index contributed by atoms with van der Waals surface area (Å²) in [6.07, 6.45) is 1.28. The van der Waals surface area contributed by atoms with Crippen LogP contribution in [0.5, 0.6) is 0 Å². The molecule has 0 amide bonds. The quantitative estimate of drug-likeness (QED) is 0.795. The van der Waals surface area contributed by atoms with Gasteiger partial charge in [-0.3, -0.25) is 0 Å². The average molecular weight is 240 g/mol. The molecule has 1 unspecified atom stereocenters. The summed E-state index contributed by atoms with van der Waals surface area (Å²) in [6.45, 7) is 4.50. The number of hydrogen-bond acceptors (Lipinski definition) is 1. The van der Waals surface area contributed by atoms with Crippen molar-refractivity contribution in [1.82, 2.24) is 5.32 Å². The largest absolute Gasteiger partial charge is 0.316 e. The molecule has 0 aliphatic carbocycles. The van der Waals surface area contributed by atoms with Crippen LogP contribution in [-0.2, 0) is 0 Å². The van der Waals surface area contributed by atoms with Crippen molar-refractivity contribution in [2.45, 2.75) is 19.3 Å². The van der Waals surface area contributed by atoms with Crippen LogP contribution in [0.15, 0.2) is 22.7 Å². The van der Waals surface area contributed by atoms with E-state index in [1.165, 1.54) is 28.6 Å². The van der Waals surface area contributed by atoms with Gasteiger partial charge in [0.25, 0.3) is 0 Å². The van der Waals surface area contributed by atoms with E-state index in [1.807, 2.05) is 0 Å². The molecule has 0 radical (unpaired) electrons. The van der Waals surface area contributed by atoms with Gasteiger partial charge < -0.3 is 5.32 Å². The summed E-state index contributed by atoms with van der Waals surface area (Å²) in [5.74, 6) is 0.730. The SMILES string of the molecule is Cc1cc(Br)ccc1C1CCNC1. The summed E-state index contributed by atoms with van der Waals surface area (Å²) < 4.78 is 1.18. The normalized spacial score (nSPS) is 22.2. The van der Waals surface area contributed by atoms with Crippen LogP contribution in [0.2, 0.25) is 0 Å². The molecule has 0 aromatic heterocycles. The lowest BCUT2D eigenvalue weighted by Gasteiger charge is -2.12. The second kappa shape index (κ2) is 3.81. The van der Waals surface area contributed by atoms with Gasteiger partial charge in [-0.1, -0.05) is 22.0 Å². The van der Waals surface area contributed by atoms with Gasteiger partial charge in [-0.25, -0.2) is 0 Å². The first-order valence-corrected chi connectivity index (χ1v) is 5.53. The van der Waals surface area contributed by atoms with Crippen molar-refractivity contribution in [2.75, 3.05) is 13.1 Å². The maximum Gasteiger partial charge on any atom is 0.0178 e. The molecule has 2 rings (SSSR count). The van der Waals surface area contributed by atoms with Crippen molar-refractivity contribution in [2.24, 2.45) is 0 Å². The number of hydrogen-bond donors (Lipinski definition) is 1. The fourth-order valence-electron chi connectivity index (χ4n) is 2.02. The summed E-state index contributed by atoms with van der Waals surface area (Å²) in [6, 6.07) is 6.59. The molecule has 13 heavy (non-hydrogen) atoms. The maximum absolute atomic E-state index is 3.49. The molecule has 2 heteroatoms. The van der Waals surface area contributed by atoms with Crippen LogP contribution in [-0.4, -0.2) is 13.1 Å². The lowest BCUT2D eigenvalue weighted by molar-refractivity contribution is 0.757. The van der Waals surface area contributed by atoms with E-state index in [0.29, 0.717) is 0 Å². The molecule has 1 fully saturated rings. The summed E-state index contributed by atoms with van der Waals surface area (Å²) in [5.41, 5.74) is 2.91. The van der Waals surface area contributed by atoms with Crippen molar-refractivity contribution in [3.63, 3.8) is 0 Å². The predicted octanol–water partition coefficient (Wildman–Crippen LogP) is 2.83. The Morgan fingerprint density at radius 1 is 1.46 bits per heavy atom. The Bertz CT molecular complexity index is 303.